The van der Waals surface area contributed by atoms with Gasteiger partial charge in [-0.05, 0) is 19.1 Å². The summed E-state index contributed by atoms with van der Waals surface area (Å²) in [5.41, 5.74) is -1.76. The first-order valence-electron chi connectivity index (χ1n) is 6.13. The minimum Gasteiger partial charge on any atom is -0.369 e. The number of nitro benzene ring substituents is 1. The summed E-state index contributed by atoms with van der Waals surface area (Å²) >= 11 is 0. The highest BCUT2D eigenvalue weighted by Crippen LogP contribution is 2.38. The monoisotopic (exact) mass is 289 g/mol. The number of nitrogens with one attached hydrogen (secondary N) is 1. The van der Waals surface area contributed by atoms with Gasteiger partial charge in [0.15, 0.2) is 0 Å². The van der Waals surface area contributed by atoms with Crippen molar-refractivity contribution in [3.8, 4) is 0 Å². The largest absolute Gasteiger partial charge is 0.423 e. The predicted molar refractivity (Wildman–Crippen MR) is 67.8 cm³/mol. The summed E-state index contributed by atoms with van der Waals surface area (Å²) < 4.78 is 38.7. The number of hydrogen-bond donors (Lipinski definition) is 1. The molecule has 1 fully saturated rings. The molecule has 0 saturated carbocycles. The average Bonchev–Trinajstić information content (AvgIpc) is 2.37. The molecule has 1 N–H and O–H groups in total. The molecule has 0 amide bonds. The van der Waals surface area contributed by atoms with Crippen LogP contribution in [0.4, 0.5) is 24.5 Å². The zero-order chi connectivity index (χ0) is 14.9. The Kier molecular flexibility index (Phi) is 3.85. The molecule has 1 aromatic carbocycles. The molecule has 8 heteroatoms. The number of nitro groups is 1. The molecule has 1 unspecified atom stereocenters. The summed E-state index contributed by atoms with van der Waals surface area (Å²) in [5, 5.41) is 13.9. The van der Waals surface area contributed by atoms with E-state index in [1.807, 2.05) is 6.92 Å². The fourth-order valence-corrected chi connectivity index (χ4v) is 2.27. The van der Waals surface area contributed by atoms with Gasteiger partial charge in [-0.15, -0.1) is 0 Å². The molecule has 1 atom stereocenters. The summed E-state index contributed by atoms with van der Waals surface area (Å²) in [6.45, 7) is 3.73. The highest BCUT2D eigenvalue weighted by Gasteiger charge is 2.38. The topological polar surface area (TPSA) is 58.4 Å². The number of piperazine rings is 1. The number of anilines is 1. The highest BCUT2D eigenvalue weighted by molar-refractivity contribution is 5.57. The number of alkyl halides is 3. The fourth-order valence-electron chi connectivity index (χ4n) is 2.27. The zero-order valence-electron chi connectivity index (χ0n) is 10.8. The molecule has 0 radical (unpaired) electrons. The Morgan fingerprint density at radius 3 is 2.70 bits per heavy atom. The molecule has 0 aromatic heterocycles. The van der Waals surface area contributed by atoms with Gasteiger partial charge in [-0.2, -0.15) is 13.2 Å². The minimum atomic E-state index is -4.74. The molecule has 110 valence electrons. The van der Waals surface area contributed by atoms with Crippen LogP contribution in [0.25, 0.3) is 0 Å². The lowest BCUT2D eigenvalue weighted by Crippen LogP contribution is -2.49. The number of hydrogen-bond acceptors (Lipinski definition) is 4. The predicted octanol–water partition coefficient (Wildman–Crippen LogP) is 2.41. The number of benzene rings is 1. The van der Waals surface area contributed by atoms with Gasteiger partial charge < -0.3 is 10.2 Å². The number of halogens is 3. The van der Waals surface area contributed by atoms with Crippen molar-refractivity contribution in [3.63, 3.8) is 0 Å². The van der Waals surface area contributed by atoms with Crippen molar-refractivity contribution >= 4 is 11.4 Å². The molecular weight excluding hydrogens is 275 g/mol. The van der Waals surface area contributed by atoms with Gasteiger partial charge in [0, 0.05) is 37.4 Å². The van der Waals surface area contributed by atoms with Crippen molar-refractivity contribution < 1.29 is 18.1 Å². The molecular formula is C12H14F3N3O2. The van der Waals surface area contributed by atoms with E-state index >= 15 is 0 Å². The van der Waals surface area contributed by atoms with E-state index < -0.39 is 22.4 Å². The van der Waals surface area contributed by atoms with Gasteiger partial charge in [-0.1, -0.05) is 0 Å². The molecule has 1 aliphatic rings. The SMILES string of the molecule is CC1CN(c2ccc([N+](=O)[O-])c(C(F)(F)F)c2)CCN1. The molecule has 1 heterocycles. The van der Waals surface area contributed by atoms with Crippen LogP contribution < -0.4 is 10.2 Å². The van der Waals surface area contributed by atoms with Crippen LogP contribution in [0.5, 0.6) is 0 Å². The van der Waals surface area contributed by atoms with E-state index in [9.17, 15) is 23.3 Å². The van der Waals surface area contributed by atoms with E-state index in [0.29, 0.717) is 25.3 Å². The summed E-state index contributed by atoms with van der Waals surface area (Å²) in [7, 11) is 0. The Morgan fingerprint density at radius 2 is 2.15 bits per heavy atom. The minimum absolute atomic E-state index is 0.160. The van der Waals surface area contributed by atoms with E-state index in [1.54, 1.807) is 4.90 Å². The molecule has 0 aliphatic carbocycles. The second kappa shape index (κ2) is 5.28. The van der Waals surface area contributed by atoms with E-state index in [2.05, 4.69) is 5.32 Å². The van der Waals surface area contributed by atoms with Crippen LogP contribution in [0.15, 0.2) is 18.2 Å². The molecule has 2 rings (SSSR count). The van der Waals surface area contributed by atoms with Crippen LogP contribution in [0.1, 0.15) is 12.5 Å². The first-order chi connectivity index (χ1) is 9.29. The maximum atomic E-state index is 12.9. The molecule has 20 heavy (non-hydrogen) atoms. The summed E-state index contributed by atoms with van der Waals surface area (Å²) in [6, 6.07) is 3.31. The Hall–Kier alpha value is -1.83. The maximum Gasteiger partial charge on any atom is 0.423 e. The maximum absolute atomic E-state index is 12.9. The second-order valence-electron chi connectivity index (χ2n) is 4.76. The van der Waals surface area contributed by atoms with E-state index in [4.69, 9.17) is 0 Å². The van der Waals surface area contributed by atoms with E-state index in [-0.39, 0.29) is 6.04 Å². The normalized spacial score (nSPS) is 20.0. The molecule has 1 aliphatic heterocycles. The van der Waals surface area contributed by atoms with Gasteiger partial charge in [0.05, 0.1) is 4.92 Å². The van der Waals surface area contributed by atoms with Crippen LogP contribution in [-0.4, -0.2) is 30.6 Å². The van der Waals surface area contributed by atoms with E-state index in [0.717, 1.165) is 12.1 Å². The first-order valence-corrected chi connectivity index (χ1v) is 6.13. The van der Waals surface area contributed by atoms with Crippen molar-refractivity contribution in [2.24, 2.45) is 0 Å². The third-order valence-electron chi connectivity index (χ3n) is 3.22. The van der Waals surface area contributed by atoms with Gasteiger partial charge in [0.2, 0.25) is 0 Å². The summed E-state index contributed by atoms with van der Waals surface area (Å²) in [5.74, 6) is 0. The summed E-state index contributed by atoms with van der Waals surface area (Å²) in [6.07, 6.45) is -4.74. The van der Waals surface area contributed by atoms with Crippen molar-refractivity contribution in [1.29, 1.82) is 0 Å². The van der Waals surface area contributed by atoms with Crippen molar-refractivity contribution in [2.45, 2.75) is 19.1 Å². The standard InChI is InChI=1S/C12H14F3N3O2/c1-8-7-17(5-4-16-8)9-2-3-11(18(19)20)10(6-9)12(13,14)15/h2-3,6,8,16H,4-5,7H2,1H3. The van der Waals surface area contributed by atoms with Crippen LogP contribution >= 0.6 is 0 Å². The zero-order valence-corrected chi connectivity index (χ0v) is 10.8. The lowest BCUT2D eigenvalue weighted by Gasteiger charge is -2.33. The Morgan fingerprint density at radius 1 is 1.45 bits per heavy atom. The van der Waals surface area contributed by atoms with Crippen LogP contribution in [0, 0.1) is 10.1 Å². The quantitative estimate of drug-likeness (QED) is 0.671. The fraction of sp³-hybridized carbons (Fsp3) is 0.500. The Bertz CT molecular complexity index is 519. The second-order valence-corrected chi connectivity index (χ2v) is 4.76. The first kappa shape index (κ1) is 14.6. The van der Waals surface area contributed by atoms with Gasteiger partial charge in [0.1, 0.15) is 5.56 Å². The molecule has 0 bridgehead atoms. The van der Waals surface area contributed by atoms with Crippen LogP contribution in [0.3, 0.4) is 0 Å². The smallest absolute Gasteiger partial charge is 0.369 e. The lowest BCUT2D eigenvalue weighted by atomic mass is 10.1. The van der Waals surface area contributed by atoms with Gasteiger partial charge >= 0.3 is 6.18 Å². The number of rotatable bonds is 2. The third-order valence-corrected chi connectivity index (χ3v) is 3.22. The van der Waals surface area contributed by atoms with Crippen LogP contribution in [0.2, 0.25) is 0 Å². The lowest BCUT2D eigenvalue weighted by molar-refractivity contribution is -0.388. The molecule has 1 aromatic rings. The average molecular weight is 289 g/mol. The van der Waals surface area contributed by atoms with Crippen molar-refractivity contribution in [2.75, 3.05) is 24.5 Å². The van der Waals surface area contributed by atoms with Crippen molar-refractivity contribution in [1.82, 2.24) is 5.32 Å². The molecule has 5 nitrogen and oxygen atoms in total. The number of nitrogens with zero attached hydrogens (tertiary/aromatic N) is 2. The third kappa shape index (κ3) is 3.01. The van der Waals surface area contributed by atoms with Crippen LogP contribution in [-0.2, 0) is 6.18 Å². The highest BCUT2D eigenvalue weighted by atomic mass is 19.4. The van der Waals surface area contributed by atoms with E-state index in [1.165, 1.54) is 6.07 Å². The van der Waals surface area contributed by atoms with Gasteiger partial charge in [0.25, 0.3) is 5.69 Å². The Labute approximate surface area is 113 Å². The van der Waals surface area contributed by atoms with Gasteiger partial charge in [-0.25, -0.2) is 0 Å². The van der Waals surface area contributed by atoms with Gasteiger partial charge in [-0.3, -0.25) is 10.1 Å². The molecule has 1 saturated heterocycles. The molecule has 0 spiro atoms. The summed E-state index contributed by atoms with van der Waals surface area (Å²) in [4.78, 5) is 11.5. The Balaban J connectivity index is 2.39. The van der Waals surface area contributed by atoms with Crippen molar-refractivity contribution in [3.05, 3.63) is 33.9 Å².